The number of benzene rings is 2. The molecule has 3 rings (SSSR count). The summed E-state index contributed by atoms with van der Waals surface area (Å²) in [6, 6.07) is 16.8. The van der Waals surface area contributed by atoms with Gasteiger partial charge in [0, 0.05) is 18.2 Å². The Bertz CT molecular complexity index is 979. The van der Waals surface area contributed by atoms with Crippen LogP contribution in [-0.2, 0) is 11.3 Å². The molecule has 0 fully saturated rings. The highest BCUT2D eigenvalue weighted by Crippen LogP contribution is 2.19. The van der Waals surface area contributed by atoms with E-state index in [1.807, 2.05) is 68.4 Å². The van der Waals surface area contributed by atoms with Crippen LogP contribution in [0.1, 0.15) is 29.9 Å². The molecule has 1 heterocycles. The first-order chi connectivity index (χ1) is 14.0. The van der Waals surface area contributed by atoms with Gasteiger partial charge in [0.05, 0.1) is 19.0 Å². The number of hydrogen-bond donors (Lipinski definition) is 2. The molecule has 0 unspecified atom stereocenters. The second kappa shape index (κ2) is 9.05. The Morgan fingerprint density at radius 3 is 2.38 bits per heavy atom. The van der Waals surface area contributed by atoms with Gasteiger partial charge in [0.25, 0.3) is 5.91 Å². The van der Waals surface area contributed by atoms with E-state index in [0.29, 0.717) is 12.3 Å². The molecular weight excluding hydrogens is 368 g/mol. The van der Waals surface area contributed by atoms with Crippen molar-refractivity contribution < 1.29 is 14.3 Å². The minimum absolute atomic E-state index is 0.0350. The zero-order chi connectivity index (χ0) is 20.8. The molecule has 0 atom stereocenters. The predicted molar refractivity (Wildman–Crippen MR) is 111 cm³/mol. The Hall–Kier alpha value is -3.61. The van der Waals surface area contributed by atoms with Gasteiger partial charge in [0.2, 0.25) is 5.91 Å². The molecule has 0 saturated heterocycles. The number of rotatable bonds is 7. The number of carbonyl (C=O) groups is 2. The van der Waals surface area contributed by atoms with Crippen LogP contribution in [0.2, 0.25) is 0 Å². The quantitative estimate of drug-likeness (QED) is 0.645. The highest BCUT2D eigenvalue weighted by molar-refractivity contribution is 5.95. The van der Waals surface area contributed by atoms with Gasteiger partial charge in [-0.1, -0.05) is 44.2 Å². The third kappa shape index (κ3) is 5.01. The number of carbonyl (C=O) groups excluding carboxylic acids is 2. The number of aromatic nitrogens is 2. The lowest BCUT2D eigenvalue weighted by molar-refractivity contribution is -0.118. The van der Waals surface area contributed by atoms with Crippen molar-refractivity contribution >= 4 is 17.5 Å². The van der Waals surface area contributed by atoms with Gasteiger partial charge in [-0.2, -0.15) is 5.10 Å². The molecule has 0 aliphatic heterocycles. The van der Waals surface area contributed by atoms with Crippen LogP contribution in [0, 0.1) is 5.92 Å². The van der Waals surface area contributed by atoms with Crippen LogP contribution in [-0.4, -0.2) is 28.7 Å². The van der Waals surface area contributed by atoms with Crippen molar-refractivity contribution in [2.75, 3.05) is 12.4 Å². The Kier molecular flexibility index (Phi) is 6.29. The number of para-hydroxylation sites is 1. The van der Waals surface area contributed by atoms with Crippen LogP contribution < -0.4 is 15.4 Å². The lowest BCUT2D eigenvalue weighted by Gasteiger charge is -2.09. The molecule has 150 valence electrons. The molecule has 0 aliphatic carbocycles. The fourth-order valence-electron chi connectivity index (χ4n) is 2.64. The van der Waals surface area contributed by atoms with Gasteiger partial charge in [0.1, 0.15) is 0 Å². The van der Waals surface area contributed by atoms with Crippen molar-refractivity contribution in [3.63, 3.8) is 0 Å². The van der Waals surface area contributed by atoms with Crippen molar-refractivity contribution in [3.8, 4) is 11.4 Å². The Morgan fingerprint density at radius 1 is 1.07 bits per heavy atom. The Morgan fingerprint density at radius 2 is 1.76 bits per heavy atom. The summed E-state index contributed by atoms with van der Waals surface area (Å²) in [6.07, 6.45) is 1.68. The Balaban J connectivity index is 1.65. The lowest BCUT2D eigenvalue weighted by Crippen LogP contribution is -2.24. The fourth-order valence-corrected chi connectivity index (χ4v) is 2.64. The van der Waals surface area contributed by atoms with Gasteiger partial charge in [-0.05, 0) is 29.8 Å². The molecule has 7 heteroatoms. The monoisotopic (exact) mass is 392 g/mol. The van der Waals surface area contributed by atoms with E-state index in [4.69, 9.17) is 4.74 Å². The average Bonchev–Trinajstić information content (AvgIpc) is 3.18. The van der Waals surface area contributed by atoms with Crippen LogP contribution >= 0.6 is 0 Å². The zero-order valence-corrected chi connectivity index (χ0v) is 16.7. The number of hydrogen-bond acceptors (Lipinski definition) is 4. The maximum atomic E-state index is 12.6. The normalized spacial score (nSPS) is 10.6. The van der Waals surface area contributed by atoms with Crippen LogP contribution in [0.15, 0.2) is 60.8 Å². The first kappa shape index (κ1) is 20.1. The summed E-state index contributed by atoms with van der Waals surface area (Å²) in [5.74, 6) is -0.0430. The molecule has 0 spiro atoms. The third-order valence-electron chi connectivity index (χ3n) is 4.34. The molecule has 29 heavy (non-hydrogen) atoms. The second-order valence-corrected chi connectivity index (χ2v) is 6.85. The van der Waals surface area contributed by atoms with Gasteiger partial charge >= 0.3 is 0 Å². The molecule has 2 amide bonds. The molecule has 0 radical (unpaired) electrons. The van der Waals surface area contributed by atoms with Crippen LogP contribution in [0.5, 0.6) is 5.75 Å². The van der Waals surface area contributed by atoms with E-state index in [9.17, 15) is 9.59 Å². The summed E-state index contributed by atoms with van der Waals surface area (Å²) in [5, 5.41) is 10.0. The van der Waals surface area contributed by atoms with E-state index in [-0.39, 0.29) is 23.4 Å². The minimum Gasteiger partial charge on any atom is -0.493 e. The first-order valence-corrected chi connectivity index (χ1v) is 9.35. The van der Waals surface area contributed by atoms with E-state index in [1.165, 1.54) is 7.11 Å². The van der Waals surface area contributed by atoms with Gasteiger partial charge in [-0.25, -0.2) is 4.68 Å². The van der Waals surface area contributed by atoms with Gasteiger partial charge in [-0.15, -0.1) is 0 Å². The number of anilines is 1. The number of nitrogens with zero attached hydrogens (tertiary/aromatic N) is 2. The summed E-state index contributed by atoms with van der Waals surface area (Å²) in [5.41, 5.74) is 2.69. The average molecular weight is 392 g/mol. The number of nitrogens with one attached hydrogen (secondary N) is 2. The fraction of sp³-hybridized carbons (Fsp3) is 0.227. The van der Waals surface area contributed by atoms with E-state index in [2.05, 4.69) is 15.7 Å². The van der Waals surface area contributed by atoms with E-state index >= 15 is 0 Å². The van der Waals surface area contributed by atoms with E-state index in [0.717, 1.165) is 16.9 Å². The minimum atomic E-state index is -0.325. The van der Waals surface area contributed by atoms with Crippen molar-refractivity contribution in [3.05, 3.63) is 72.1 Å². The molecule has 7 nitrogen and oxygen atoms in total. The summed E-state index contributed by atoms with van der Waals surface area (Å²) in [6.45, 7) is 4.01. The van der Waals surface area contributed by atoms with Crippen molar-refractivity contribution in [1.29, 1.82) is 0 Å². The molecular formula is C22H24N4O3. The van der Waals surface area contributed by atoms with Crippen molar-refractivity contribution in [1.82, 2.24) is 15.1 Å². The molecule has 2 aromatic carbocycles. The first-order valence-electron chi connectivity index (χ1n) is 9.35. The Labute approximate surface area is 169 Å². The van der Waals surface area contributed by atoms with E-state index < -0.39 is 0 Å². The predicted octanol–water partition coefficient (Wildman–Crippen LogP) is 3.41. The van der Waals surface area contributed by atoms with Gasteiger partial charge in [0.15, 0.2) is 11.4 Å². The smallest absolute Gasteiger partial charge is 0.275 e. The van der Waals surface area contributed by atoms with Gasteiger partial charge < -0.3 is 15.4 Å². The van der Waals surface area contributed by atoms with Crippen molar-refractivity contribution in [2.45, 2.75) is 20.4 Å². The summed E-state index contributed by atoms with van der Waals surface area (Å²) >= 11 is 0. The number of methoxy groups -OCH3 is 1. The van der Waals surface area contributed by atoms with Crippen LogP contribution in [0.4, 0.5) is 5.69 Å². The SMILES string of the molecule is COc1cn(-c2ccccc2)nc1C(=O)NCc1ccc(NC(=O)C(C)C)cc1. The maximum Gasteiger partial charge on any atom is 0.275 e. The molecule has 0 saturated carbocycles. The van der Waals surface area contributed by atoms with Crippen molar-refractivity contribution in [2.24, 2.45) is 5.92 Å². The van der Waals surface area contributed by atoms with Gasteiger partial charge in [-0.3, -0.25) is 9.59 Å². The zero-order valence-electron chi connectivity index (χ0n) is 16.7. The van der Waals surface area contributed by atoms with Crippen LogP contribution in [0.25, 0.3) is 5.69 Å². The summed E-state index contributed by atoms with van der Waals surface area (Å²) in [7, 11) is 1.51. The second-order valence-electron chi connectivity index (χ2n) is 6.85. The molecule has 0 bridgehead atoms. The largest absolute Gasteiger partial charge is 0.493 e. The van der Waals surface area contributed by atoms with Crippen LogP contribution in [0.3, 0.4) is 0 Å². The topological polar surface area (TPSA) is 85.2 Å². The molecule has 0 aliphatic rings. The molecule has 1 aromatic heterocycles. The maximum absolute atomic E-state index is 12.6. The lowest BCUT2D eigenvalue weighted by atomic mass is 10.1. The standard InChI is InChI=1S/C22H24N4O3/c1-15(2)21(27)24-17-11-9-16(10-12-17)13-23-22(28)20-19(29-3)14-26(25-20)18-7-5-4-6-8-18/h4-12,14-15H,13H2,1-3H3,(H,23,28)(H,24,27). The number of amides is 2. The molecule has 2 N–H and O–H groups in total. The summed E-state index contributed by atoms with van der Waals surface area (Å²) < 4.78 is 6.92. The summed E-state index contributed by atoms with van der Waals surface area (Å²) in [4.78, 5) is 24.4. The third-order valence-corrected chi connectivity index (χ3v) is 4.34. The molecule has 3 aromatic rings. The van der Waals surface area contributed by atoms with E-state index in [1.54, 1.807) is 10.9 Å². The highest BCUT2D eigenvalue weighted by atomic mass is 16.5. The number of ether oxygens (including phenoxy) is 1. The highest BCUT2D eigenvalue weighted by Gasteiger charge is 2.18.